The molecular formula is C57H60N4. The molecule has 0 aromatic heterocycles. The number of hydrogen-bond acceptors (Lipinski definition) is 4. The highest BCUT2D eigenvalue weighted by atomic mass is 15.2. The zero-order valence-corrected chi connectivity index (χ0v) is 36.1. The monoisotopic (exact) mass is 800 g/mol. The summed E-state index contributed by atoms with van der Waals surface area (Å²) in [5.41, 5.74) is 11.1. The first kappa shape index (κ1) is 40.2. The van der Waals surface area contributed by atoms with Crippen LogP contribution in [0.4, 0.5) is 28.4 Å². The van der Waals surface area contributed by atoms with Crippen LogP contribution in [0.25, 0.3) is 0 Å². The van der Waals surface area contributed by atoms with E-state index in [4.69, 9.17) is 0 Å². The molecule has 0 aliphatic heterocycles. The molecule has 0 radical (unpaired) electrons. The molecule has 61 heavy (non-hydrogen) atoms. The number of rotatable bonds is 12. The Kier molecular flexibility index (Phi) is 12.0. The minimum atomic E-state index is -0.181. The fraction of sp³-hybridized carbons (Fsp3) is 0.263. The van der Waals surface area contributed by atoms with E-state index in [1.165, 1.54) is 51.2 Å². The topological polar surface area (TPSA) is 13.0 Å². The Morgan fingerprint density at radius 3 is 1.64 bits per heavy atom. The quantitative estimate of drug-likeness (QED) is 0.141. The van der Waals surface area contributed by atoms with Crippen molar-refractivity contribution < 1.29 is 0 Å². The van der Waals surface area contributed by atoms with Gasteiger partial charge >= 0.3 is 0 Å². The third kappa shape index (κ3) is 8.55. The minimum Gasteiger partial charge on any atom is -0.361 e. The predicted molar refractivity (Wildman–Crippen MR) is 260 cm³/mol. The second-order valence-electron chi connectivity index (χ2n) is 17.5. The molecule has 0 amide bonds. The van der Waals surface area contributed by atoms with Gasteiger partial charge in [0.05, 0.1) is 11.6 Å². The first-order valence-corrected chi connectivity index (χ1v) is 22.6. The molecule has 4 aromatic rings. The summed E-state index contributed by atoms with van der Waals surface area (Å²) in [4.78, 5) is 10.2. The van der Waals surface area contributed by atoms with Gasteiger partial charge in [0.2, 0.25) is 0 Å². The molecule has 0 fully saturated rings. The summed E-state index contributed by atoms with van der Waals surface area (Å²) in [6.07, 6.45) is 40.1. The largest absolute Gasteiger partial charge is 0.361 e. The van der Waals surface area contributed by atoms with Gasteiger partial charge in [0.1, 0.15) is 0 Å². The smallest absolute Gasteiger partial charge is 0.0642 e. The lowest BCUT2D eigenvalue weighted by Crippen LogP contribution is -2.51. The molecule has 4 aromatic carbocycles. The van der Waals surface area contributed by atoms with Gasteiger partial charge in [0, 0.05) is 57.3 Å². The zero-order chi connectivity index (χ0) is 41.6. The highest BCUT2D eigenvalue weighted by Crippen LogP contribution is 2.44. The van der Waals surface area contributed by atoms with E-state index in [2.05, 4.69) is 241 Å². The Balaban J connectivity index is 1.09. The van der Waals surface area contributed by atoms with Crippen molar-refractivity contribution in [3.63, 3.8) is 0 Å². The molecule has 5 aliphatic carbocycles. The average molecular weight is 801 g/mol. The maximum Gasteiger partial charge on any atom is 0.0642 e. The van der Waals surface area contributed by atoms with Gasteiger partial charge in [0.15, 0.2) is 0 Å². The second-order valence-corrected chi connectivity index (χ2v) is 17.5. The molecule has 4 nitrogen and oxygen atoms in total. The maximum atomic E-state index is 2.77. The molecule has 5 aliphatic rings. The first-order chi connectivity index (χ1) is 30.0. The van der Waals surface area contributed by atoms with Gasteiger partial charge in [0.25, 0.3) is 0 Å². The molecule has 0 heterocycles. The van der Waals surface area contributed by atoms with E-state index < -0.39 is 0 Å². The Bertz CT molecular complexity index is 2410. The van der Waals surface area contributed by atoms with Crippen LogP contribution in [-0.2, 0) is 0 Å². The lowest BCUT2D eigenvalue weighted by atomic mass is 9.78. The van der Waals surface area contributed by atoms with E-state index in [1.807, 2.05) is 0 Å². The Morgan fingerprint density at radius 1 is 0.541 bits per heavy atom. The fourth-order valence-corrected chi connectivity index (χ4v) is 10.3. The van der Waals surface area contributed by atoms with E-state index >= 15 is 0 Å². The highest BCUT2D eigenvalue weighted by molar-refractivity contribution is 5.71. The SMILES string of the molecule is CC1C=C(N(C2=CCCC=C2)c2ccccc2)CC(C)C1N(c1ccc(N(c2ccccc2)C2(C)C=CC=CC2)cc1)C1C=CC(N(C2=CCCC=C2)c2ccccc2)=CC1. The third-order valence-electron chi connectivity index (χ3n) is 13.1. The summed E-state index contributed by atoms with van der Waals surface area (Å²) in [7, 11) is 0. The molecule has 0 N–H and O–H groups in total. The molecule has 0 spiro atoms. The average Bonchev–Trinajstić information content (AvgIpc) is 3.31. The molecule has 0 bridgehead atoms. The van der Waals surface area contributed by atoms with Crippen LogP contribution in [0.2, 0.25) is 0 Å². The standard InChI is InChI=1S/C57H60N4/c1-44-42-55(59(48-26-14-6-15-27-48)49-28-16-7-17-29-49)43-45(2)56(44)60(51-34-32-50(33-35-51)58(46-22-10-4-11-23-46)47-24-12-5-13-25-47)52-36-38-54(39-37-52)61(53-30-18-8-19-31-53)57(3)40-20-9-21-41-57/h4,6,8-12,14-16,18-34,36-40,42,44-45,51,56H,5,7,13,17,35,41,43H2,1-3H3. The lowest BCUT2D eigenvalue weighted by molar-refractivity contribution is 0.325. The van der Waals surface area contributed by atoms with Crippen molar-refractivity contribution in [2.45, 2.75) is 83.3 Å². The number of para-hydroxylation sites is 3. The summed E-state index contributed by atoms with van der Waals surface area (Å²) in [5, 5.41) is 0. The van der Waals surface area contributed by atoms with Gasteiger partial charge in [-0.1, -0.05) is 135 Å². The highest BCUT2D eigenvalue weighted by Gasteiger charge is 2.39. The summed E-state index contributed by atoms with van der Waals surface area (Å²) in [5.74, 6) is 0.693. The van der Waals surface area contributed by atoms with Crippen molar-refractivity contribution in [1.82, 2.24) is 0 Å². The van der Waals surface area contributed by atoms with Crippen LogP contribution in [0.3, 0.4) is 0 Å². The van der Waals surface area contributed by atoms with Crippen LogP contribution in [0, 0.1) is 11.8 Å². The van der Waals surface area contributed by atoms with E-state index in [0.29, 0.717) is 11.8 Å². The normalized spacial score (nSPS) is 24.3. The van der Waals surface area contributed by atoms with E-state index in [9.17, 15) is 0 Å². The van der Waals surface area contributed by atoms with Crippen molar-refractivity contribution in [3.8, 4) is 0 Å². The zero-order valence-electron chi connectivity index (χ0n) is 36.1. The lowest BCUT2D eigenvalue weighted by Gasteiger charge is -2.48. The second kappa shape index (κ2) is 18.2. The molecule has 5 atom stereocenters. The van der Waals surface area contributed by atoms with Gasteiger partial charge in [-0.05, 0) is 143 Å². The van der Waals surface area contributed by atoms with Gasteiger partial charge in [-0.3, -0.25) is 0 Å². The molecule has 308 valence electrons. The number of hydrogen-bond donors (Lipinski definition) is 0. The van der Waals surface area contributed by atoms with Crippen LogP contribution in [0.5, 0.6) is 0 Å². The minimum absolute atomic E-state index is 0.181. The van der Waals surface area contributed by atoms with Crippen molar-refractivity contribution in [2.75, 3.05) is 19.6 Å². The molecule has 5 unspecified atom stereocenters. The van der Waals surface area contributed by atoms with Crippen molar-refractivity contribution in [2.24, 2.45) is 11.8 Å². The van der Waals surface area contributed by atoms with Gasteiger partial charge in [-0.15, -0.1) is 0 Å². The molecule has 4 heteroatoms. The van der Waals surface area contributed by atoms with E-state index in [1.54, 1.807) is 0 Å². The molecule has 9 rings (SSSR count). The molecular weight excluding hydrogens is 741 g/mol. The summed E-state index contributed by atoms with van der Waals surface area (Å²) >= 11 is 0. The van der Waals surface area contributed by atoms with Crippen molar-refractivity contribution in [1.29, 1.82) is 0 Å². The molecule has 0 saturated heterocycles. The maximum absolute atomic E-state index is 2.77. The number of allylic oxidation sites excluding steroid dienone is 10. The number of anilines is 5. The predicted octanol–water partition coefficient (Wildman–Crippen LogP) is 14.5. The third-order valence-corrected chi connectivity index (χ3v) is 13.1. The van der Waals surface area contributed by atoms with Crippen LogP contribution in [0.15, 0.2) is 223 Å². The van der Waals surface area contributed by atoms with E-state index in [0.717, 1.165) is 44.9 Å². The first-order valence-electron chi connectivity index (χ1n) is 22.6. The van der Waals surface area contributed by atoms with Crippen LogP contribution in [0.1, 0.15) is 65.7 Å². The number of nitrogens with zero attached hydrogens (tertiary/aromatic N) is 4. The van der Waals surface area contributed by atoms with Gasteiger partial charge in [-0.25, -0.2) is 0 Å². The summed E-state index contributed by atoms with van der Waals surface area (Å²) in [6.45, 7) is 7.28. The van der Waals surface area contributed by atoms with Crippen LogP contribution in [-0.4, -0.2) is 17.6 Å². The van der Waals surface area contributed by atoms with Gasteiger partial charge in [-0.2, -0.15) is 0 Å². The molecule has 0 saturated carbocycles. The number of benzene rings is 4. The Labute approximate surface area is 364 Å². The van der Waals surface area contributed by atoms with Crippen LogP contribution < -0.4 is 19.6 Å². The summed E-state index contributed by atoms with van der Waals surface area (Å²) < 4.78 is 0. The van der Waals surface area contributed by atoms with Crippen molar-refractivity contribution in [3.05, 3.63) is 223 Å². The Hall–Kier alpha value is -6.26. The van der Waals surface area contributed by atoms with Crippen molar-refractivity contribution >= 4 is 28.4 Å². The fourth-order valence-electron chi connectivity index (χ4n) is 10.3. The Morgan fingerprint density at radius 2 is 1.10 bits per heavy atom. The van der Waals surface area contributed by atoms with Gasteiger partial charge < -0.3 is 19.6 Å². The van der Waals surface area contributed by atoms with E-state index in [-0.39, 0.29) is 17.6 Å². The van der Waals surface area contributed by atoms with Crippen LogP contribution >= 0.6 is 0 Å². The summed E-state index contributed by atoms with van der Waals surface area (Å²) in [6, 6.07) is 42.7.